The number of rotatable bonds is 2. The van der Waals surface area contributed by atoms with E-state index in [0.717, 1.165) is 5.56 Å². The third-order valence-electron chi connectivity index (χ3n) is 2.43. The summed E-state index contributed by atoms with van der Waals surface area (Å²) in [6.45, 7) is 0. The number of aromatic nitrogens is 3. The lowest BCUT2D eigenvalue weighted by Gasteiger charge is -1.99. The average molecular weight is 267 g/mol. The molecule has 2 N–H and O–H groups in total. The fourth-order valence-electron chi connectivity index (χ4n) is 1.45. The summed E-state index contributed by atoms with van der Waals surface area (Å²) in [5.74, 6) is -0.491. The Hall–Kier alpha value is -2.95. The molecule has 0 spiro atoms. The standard InChI is InChI=1S/C11H8N2O2.C4H5N/c14-11(15)9-6-12-10(13-7-9)8-4-2-1-3-5-8;1-2-4-5-3-1/h1-7H,(H,14,15);1-5H. The Morgan fingerprint density at radius 3 is 2.00 bits per heavy atom. The number of nitrogens with zero attached hydrogens (tertiary/aromatic N) is 2. The first-order valence-electron chi connectivity index (χ1n) is 5.96. The highest BCUT2D eigenvalue weighted by Crippen LogP contribution is 2.12. The van der Waals surface area contributed by atoms with Crippen molar-refractivity contribution >= 4 is 5.97 Å². The molecule has 5 nitrogen and oxygen atoms in total. The van der Waals surface area contributed by atoms with Crippen LogP contribution in [0.5, 0.6) is 0 Å². The zero-order valence-electron chi connectivity index (χ0n) is 10.6. The number of aromatic amines is 1. The molecule has 0 atom stereocenters. The molecule has 0 aliphatic carbocycles. The second kappa shape index (κ2) is 6.84. The number of carboxylic acids is 1. The van der Waals surface area contributed by atoms with E-state index in [1.165, 1.54) is 12.4 Å². The molecule has 3 rings (SSSR count). The van der Waals surface area contributed by atoms with Gasteiger partial charge in [0.2, 0.25) is 0 Å². The molecule has 0 unspecified atom stereocenters. The van der Waals surface area contributed by atoms with Gasteiger partial charge in [0.05, 0.1) is 5.56 Å². The number of hydrogen-bond donors (Lipinski definition) is 2. The molecule has 5 heteroatoms. The molecular weight excluding hydrogens is 254 g/mol. The van der Waals surface area contributed by atoms with Gasteiger partial charge in [0.25, 0.3) is 0 Å². The van der Waals surface area contributed by atoms with Crippen LogP contribution in [0.2, 0.25) is 0 Å². The van der Waals surface area contributed by atoms with Crippen molar-refractivity contribution in [3.63, 3.8) is 0 Å². The van der Waals surface area contributed by atoms with E-state index in [1.54, 1.807) is 0 Å². The normalized spacial score (nSPS) is 9.40. The van der Waals surface area contributed by atoms with Crippen molar-refractivity contribution in [1.29, 1.82) is 0 Å². The number of hydrogen-bond acceptors (Lipinski definition) is 3. The van der Waals surface area contributed by atoms with Gasteiger partial charge in [-0.2, -0.15) is 0 Å². The lowest BCUT2D eigenvalue weighted by Crippen LogP contribution is -1.99. The Balaban J connectivity index is 0.000000247. The predicted octanol–water partition coefficient (Wildman–Crippen LogP) is 2.86. The summed E-state index contributed by atoms with van der Waals surface area (Å²) in [4.78, 5) is 21.4. The molecule has 0 amide bonds. The minimum absolute atomic E-state index is 0.0923. The van der Waals surface area contributed by atoms with Gasteiger partial charge in [0.1, 0.15) is 0 Å². The Labute approximate surface area is 116 Å². The van der Waals surface area contributed by atoms with Crippen molar-refractivity contribution < 1.29 is 9.90 Å². The van der Waals surface area contributed by atoms with Crippen LogP contribution in [0.1, 0.15) is 10.4 Å². The predicted molar refractivity (Wildman–Crippen MR) is 75.2 cm³/mol. The zero-order chi connectivity index (χ0) is 14.2. The Bertz CT molecular complexity index is 617. The van der Waals surface area contributed by atoms with E-state index in [0.29, 0.717) is 5.82 Å². The lowest BCUT2D eigenvalue weighted by molar-refractivity contribution is 0.0696. The molecule has 2 aromatic heterocycles. The summed E-state index contributed by atoms with van der Waals surface area (Å²) in [5, 5.41) is 8.67. The Kier molecular flexibility index (Phi) is 4.61. The first-order valence-corrected chi connectivity index (χ1v) is 5.96. The highest BCUT2D eigenvalue weighted by atomic mass is 16.4. The van der Waals surface area contributed by atoms with Crippen LogP contribution in [0.15, 0.2) is 67.3 Å². The summed E-state index contributed by atoms with van der Waals surface area (Å²) in [7, 11) is 0. The Morgan fingerprint density at radius 1 is 0.950 bits per heavy atom. The second-order valence-electron chi connectivity index (χ2n) is 3.85. The first kappa shape index (κ1) is 13.5. The van der Waals surface area contributed by atoms with Gasteiger partial charge in [-0.1, -0.05) is 30.3 Å². The van der Waals surface area contributed by atoms with Gasteiger partial charge >= 0.3 is 5.97 Å². The fraction of sp³-hybridized carbons (Fsp3) is 0. The molecule has 0 aliphatic rings. The van der Waals surface area contributed by atoms with Crippen LogP contribution in [0.4, 0.5) is 0 Å². The van der Waals surface area contributed by atoms with Crippen molar-refractivity contribution in [1.82, 2.24) is 15.0 Å². The molecule has 2 heterocycles. The maximum Gasteiger partial charge on any atom is 0.338 e. The van der Waals surface area contributed by atoms with E-state index in [9.17, 15) is 4.79 Å². The average Bonchev–Trinajstić information content (AvgIpc) is 3.08. The van der Waals surface area contributed by atoms with E-state index >= 15 is 0 Å². The summed E-state index contributed by atoms with van der Waals surface area (Å²) in [5.41, 5.74) is 0.962. The van der Waals surface area contributed by atoms with E-state index in [2.05, 4.69) is 15.0 Å². The summed E-state index contributed by atoms with van der Waals surface area (Å²) in [6.07, 6.45) is 6.36. The van der Waals surface area contributed by atoms with Gasteiger partial charge in [-0.25, -0.2) is 14.8 Å². The van der Waals surface area contributed by atoms with E-state index < -0.39 is 5.97 Å². The van der Waals surface area contributed by atoms with Crippen molar-refractivity contribution in [2.75, 3.05) is 0 Å². The summed E-state index contributed by atoms with van der Waals surface area (Å²) >= 11 is 0. The van der Waals surface area contributed by atoms with Crippen LogP contribution in [-0.4, -0.2) is 26.0 Å². The summed E-state index contributed by atoms with van der Waals surface area (Å²) < 4.78 is 0. The van der Waals surface area contributed by atoms with Gasteiger partial charge in [0.15, 0.2) is 5.82 Å². The number of carboxylic acid groups (broad SMARTS) is 1. The van der Waals surface area contributed by atoms with Gasteiger partial charge in [-0.15, -0.1) is 0 Å². The molecule has 20 heavy (non-hydrogen) atoms. The number of benzene rings is 1. The molecule has 0 fully saturated rings. The summed E-state index contributed by atoms with van der Waals surface area (Å²) in [6, 6.07) is 13.3. The maximum absolute atomic E-state index is 10.6. The first-order chi connectivity index (χ1) is 9.77. The van der Waals surface area contributed by atoms with Crippen molar-refractivity contribution in [2.45, 2.75) is 0 Å². The largest absolute Gasteiger partial charge is 0.478 e. The topological polar surface area (TPSA) is 78.9 Å². The van der Waals surface area contributed by atoms with E-state index in [1.807, 2.05) is 54.9 Å². The van der Waals surface area contributed by atoms with Crippen LogP contribution in [0.25, 0.3) is 11.4 Å². The molecule has 1 aromatic carbocycles. The van der Waals surface area contributed by atoms with Crippen LogP contribution in [0, 0.1) is 0 Å². The van der Waals surface area contributed by atoms with Crippen molar-refractivity contribution in [2.24, 2.45) is 0 Å². The van der Waals surface area contributed by atoms with Crippen LogP contribution >= 0.6 is 0 Å². The molecule has 0 bridgehead atoms. The quantitative estimate of drug-likeness (QED) is 0.748. The molecule has 0 radical (unpaired) electrons. The van der Waals surface area contributed by atoms with Gasteiger partial charge in [-0.05, 0) is 12.1 Å². The van der Waals surface area contributed by atoms with Crippen LogP contribution in [-0.2, 0) is 0 Å². The SMILES string of the molecule is O=C(O)c1cnc(-c2ccccc2)nc1.c1cc[nH]c1. The number of nitrogens with one attached hydrogen (secondary N) is 1. The zero-order valence-corrected chi connectivity index (χ0v) is 10.6. The molecule has 0 saturated carbocycles. The fourth-order valence-corrected chi connectivity index (χ4v) is 1.45. The van der Waals surface area contributed by atoms with Gasteiger partial charge in [0, 0.05) is 30.4 Å². The minimum atomic E-state index is -1.02. The van der Waals surface area contributed by atoms with E-state index in [-0.39, 0.29) is 5.56 Å². The maximum atomic E-state index is 10.6. The van der Waals surface area contributed by atoms with Crippen LogP contribution < -0.4 is 0 Å². The smallest absolute Gasteiger partial charge is 0.338 e. The lowest BCUT2D eigenvalue weighted by atomic mass is 10.2. The van der Waals surface area contributed by atoms with Gasteiger partial charge < -0.3 is 10.1 Å². The highest BCUT2D eigenvalue weighted by molar-refractivity contribution is 5.86. The second-order valence-corrected chi connectivity index (χ2v) is 3.85. The van der Waals surface area contributed by atoms with Crippen molar-refractivity contribution in [3.05, 3.63) is 72.8 Å². The molecule has 100 valence electrons. The number of H-pyrrole nitrogens is 1. The van der Waals surface area contributed by atoms with Gasteiger partial charge in [-0.3, -0.25) is 0 Å². The molecule has 0 saturated heterocycles. The molecular formula is C15H13N3O2. The Morgan fingerprint density at radius 2 is 1.55 bits per heavy atom. The molecule has 0 aliphatic heterocycles. The third-order valence-corrected chi connectivity index (χ3v) is 2.43. The van der Waals surface area contributed by atoms with Crippen molar-refractivity contribution in [3.8, 4) is 11.4 Å². The highest BCUT2D eigenvalue weighted by Gasteiger charge is 2.04. The minimum Gasteiger partial charge on any atom is -0.478 e. The number of aromatic carboxylic acids is 1. The third kappa shape index (κ3) is 3.78. The van der Waals surface area contributed by atoms with Crippen LogP contribution in [0.3, 0.4) is 0 Å². The molecule has 3 aromatic rings. The van der Waals surface area contributed by atoms with E-state index in [4.69, 9.17) is 5.11 Å². The number of carbonyl (C=O) groups is 1. The monoisotopic (exact) mass is 267 g/mol.